The first-order valence-electron chi connectivity index (χ1n) is 8.41. The lowest BCUT2D eigenvalue weighted by molar-refractivity contribution is 0.396. The van der Waals surface area contributed by atoms with Gasteiger partial charge in [-0.1, -0.05) is 29.8 Å². The van der Waals surface area contributed by atoms with Crippen molar-refractivity contribution in [2.75, 3.05) is 24.9 Å². The molecule has 144 valence electrons. The molecule has 28 heavy (non-hydrogen) atoms. The summed E-state index contributed by atoms with van der Waals surface area (Å²) in [6.07, 6.45) is 0. The van der Waals surface area contributed by atoms with Gasteiger partial charge in [0.1, 0.15) is 23.0 Å². The van der Waals surface area contributed by atoms with Crippen molar-refractivity contribution in [2.24, 2.45) is 0 Å². The minimum Gasteiger partial charge on any atom is -0.495 e. The highest BCUT2D eigenvalue weighted by atomic mass is 35.5. The van der Waals surface area contributed by atoms with Gasteiger partial charge in [0.15, 0.2) is 5.11 Å². The first-order valence-corrected chi connectivity index (χ1v) is 9.20. The molecule has 0 aliphatic heterocycles. The predicted octanol–water partition coefficient (Wildman–Crippen LogP) is 5.96. The van der Waals surface area contributed by atoms with Crippen molar-refractivity contribution in [1.29, 1.82) is 0 Å². The molecule has 0 amide bonds. The summed E-state index contributed by atoms with van der Waals surface area (Å²) in [4.78, 5) is 0. The number of benzene rings is 3. The Morgan fingerprint density at radius 1 is 0.821 bits per heavy atom. The summed E-state index contributed by atoms with van der Waals surface area (Å²) in [7, 11) is 3.11. The summed E-state index contributed by atoms with van der Waals surface area (Å²) >= 11 is 11.6. The van der Waals surface area contributed by atoms with Crippen LogP contribution in [0.4, 0.5) is 11.4 Å². The number of rotatable bonds is 6. The van der Waals surface area contributed by atoms with Crippen LogP contribution in [0.2, 0.25) is 5.02 Å². The SMILES string of the molecule is COc1cc(OC)c(NC(=S)Nc2ccc(Oc3ccccc3)cc2)cc1Cl. The summed E-state index contributed by atoms with van der Waals surface area (Å²) in [5.74, 6) is 2.61. The summed E-state index contributed by atoms with van der Waals surface area (Å²) < 4.78 is 16.3. The van der Waals surface area contributed by atoms with Gasteiger partial charge in [-0.05, 0) is 54.7 Å². The van der Waals surface area contributed by atoms with Crippen LogP contribution >= 0.6 is 23.8 Å². The van der Waals surface area contributed by atoms with Crippen molar-refractivity contribution in [3.05, 3.63) is 71.8 Å². The van der Waals surface area contributed by atoms with Crippen LogP contribution in [0.15, 0.2) is 66.7 Å². The van der Waals surface area contributed by atoms with E-state index >= 15 is 0 Å². The van der Waals surface area contributed by atoms with Gasteiger partial charge >= 0.3 is 0 Å². The number of hydrogen-bond acceptors (Lipinski definition) is 4. The summed E-state index contributed by atoms with van der Waals surface area (Å²) in [6, 6.07) is 20.5. The number of hydrogen-bond donors (Lipinski definition) is 2. The van der Waals surface area contributed by atoms with Crippen molar-refractivity contribution in [1.82, 2.24) is 0 Å². The molecule has 0 heterocycles. The van der Waals surface area contributed by atoms with E-state index in [4.69, 9.17) is 38.0 Å². The monoisotopic (exact) mass is 414 g/mol. The molecule has 0 saturated heterocycles. The number of thiocarbonyl (C=S) groups is 1. The highest BCUT2D eigenvalue weighted by Gasteiger charge is 2.11. The fourth-order valence-electron chi connectivity index (χ4n) is 2.47. The van der Waals surface area contributed by atoms with Crippen LogP contribution in [0.25, 0.3) is 0 Å². The van der Waals surface area contributed by atoms with Crippen molar-refractivity contribution in [3.8, 4) is 23.0 Å². The molecule has 0 bridgehead atoms. The lowest BCUT2D eigenvalue weighted by Gasteiger charge is -2.15. The molecule has 0 atom stereocenters. The second-order valence-corrected chi connectivity index (χ2v) is 6.52. The molecule has 0 fully saturated rings. The Kier molecular flexibility index (Phi) is 6.57. The molecular weight excluding hydrogens is 396 g/mol. The van der Waals surface area contributed by atoms with Crippen LogP contribution in [-0.4, -0.2) is 19.3 Å². The van der Waals surface area contributed by atoms with Gasteiger partial charge in [0.25, 0.3) is 0 Å². The molecule has 0 aromatic heterocycles. The van der Waals surface area contributed by atoms with Crippen molar-refractivity contribution in [3.63, 3.8) is 0 Å². The number of methoxy groups -OCH3 is 2. The van der Waals surface area contributed by atoms with E-state index in [1.165, 1.54) is 0 Å². The number of ether oxygens (including phenoxy) is 3. The van der Waals surface area contributed by atoms with Gasteiger partial charge in [-0.25, -0.2) is 0 Å². The van der Waals surface area contributed by atoms with Crippen molar-refractivity contribution in [2.45, 2.75) is 0 Å². The quantitative estimate of drug-likeness (QED) is 0.485. The lowest BCUT2D eigenvalue weighted by Crippen LogP contribution is -2.19. The fourth-order valence-corrected chi connectivity index (χ4v) is 2.94. The van der Waals surface area contributed by atoms with Gasteiger partial charge in [-0.2, -0.15) is 0 Å². The van der Waals surface area contributed by atoms with Crippen LogP contribution in [0, 0.1) is 0 Å². The molecule has 7 heteroatoms. The van der Waals surface area contributed by atoms with E-state index in [0.717, 1.165) is 17.2 Å². The highest BCUT2D eigenvalue weighted by Crippen LogP contribution is 2.36. The normalized spacial score (nSPS) is 10.1. The zero-order valence-electron chi connectivity index (χ0n) is 15.4. The number of nitrogens with one attached hydrogen (secondary N) is 2. The molecule has 2 N–H and O–H groups in total. The van der Waals surface area contributed by atoms with Gasteiger partial charge in [0.2, 0.25) is 0 Å². The third-order valence-electron chi connectivity index (χ3n) is 3.81. The molecule has 3 aromatic carbocycles. The number of para-hydroxylation sites is 1. The van der Waals surface area contributed by atoms with E-state index in [2.05, 4.69) is 10.6 Å². The van der Waals surface area contributed by atoms with Gasteiger partial charge in [-0.3, -0.25) is 0 Å². The number of halogens is 1. The first kappa shape index (κ1) is 19.8. The zero-order valence-corrected chi connectivity index (χ0v) is 16.9. The van der Waals surface area contributed by atoms with Gasteiger partial charge in [-0.15, -0.1) is 0 Å². The Morgan fingerprint density at radius 2 is 1.46 bits per heavy atom. The molecular formula is C21H19ClN2O3S. The maximum absolute atomic E-state index is 6.19. The maximum atomic E-state index is 6.19. The van der Waals surface area contributed by atoms with Gasteiger partial charge < -0.3 is 24.8 Å². The van der Waals surface area contributed by atoms with E-state index in [0.29, 0.717) is 27.3 Å². The molecule has 5 nitrogen and oxygen atoms in total. The van der Waals surface area contributed by atoms with Crippen LogP contribution in [-0.2, 0) is 0 Å². The third kappa shape index (κ3) is 5.06. The molecule has 0 spiro atoms. The van der Waals surface area contributed by atoms with Gasteiger partial charge in [0, 0.05) is 11.8 Å². The Balaban J connectivity index is 1.64. The van der Waals surface area contributed by atoms with E-state index in [-0.39, 0.29) is 0 Å². The van der Waals surface area contributed by atoms with E-state index < -0.39 is 0 Å². The van der Waals surface area contributed by atoms with Crippen LogP contribution in [0.3, 0.4) is 0 Å². The predicted molar refractivity (Wildman–Crippen MR) is 117 cm³/mol. The average Bonchev–Trinajstić information content (AvgIpc) is 2.70. The molecule has 3 rings (SSSR count). The van der Waals surface area contributed by atoms with E-state index in [9.17, 15) is 0 Å². The minimum atomic E-state index is 0.399. The van der Waals surface area contributed by atoms with Crippen LogP contribution in [0.5, 0.6) is 23.0 Å². The molecule has 0 saturated carbocycles. The second-order valence-electron chi connectivity index (χ2n) is 5.71. The Morgan fingerprint density at radius 3 is 2.11 bits per heavy atom. The smallest absolute Gasteiger partial charge is 0.175 e. The van der Waals surface area contributed by atoms with Crippen LogP contribution in [0.1, 0.15) is 0 Å². The van der Waals surface area contributed by atoms with E-state index in [1.54, 1.807) is 26.4 Å². The zero-order chi connectivity index (χ0) is 19.9. The molecule has 0 aliphatic carbocycles. The Labute approximate surface area is 174 Å². The molecule has 0 radical (unpaired) electrons. The first-order chi connectivity index (χ1) is 13.6. The fraction of sp³-hybridized carbons (Fsp3) is 0.0952. The molecule has 3 aromatic rings. The molecule has 0 aliphatic rings. The highest BCUT2D eigenvalue weighted by molar-refractivity contribution is 7.80. The second kappa shape index (κ2) is 9.30. The third-order valence-corrected chi connectivity index (χ3v) is 4.31. The summed E-state index contributed by atoms with van der Waals surface area (Å²) in [6.45, 7) is 0. The van der Waals surface area contributed by atoms with Crippen molar-refractivity contribution >= 4 is 40.3 Å². The largest absolute Gasteiger partial charge is 0.495 e. The Bertz CT molecular complexity index is 950. The average molecular weight is 415 g/mol. The van der Waals surface area contributed by atoms with Crippen molar-refractivity contribution < 1.29 is 14.2 Å². The number of anilines is 2. The topological polar surface area (TPSA) is 51.8 Å². The maximum Gasteiger partial charge on any atom is 0.175 e. The minimum absolute atomic E-state index is 0.399. The Hall–Kier alpha value is -2.96. The standard InChI is InChI=1S/C21H19ClN2O3S/c1-25-19-13-20(26-2)18(12-17(19)22)24-21(28)23-14-8-10-16(11-9-14)27-15-6-4-3-5-7-15/h3-13H,1-2H3,(H2,23,24,28). The lowest BCUT2D eigenvalue weighted by atomic mass is 10.2. The van der Waals surface area contributed by atoms with Gasteiger partial charge in [0.05, 0.1) is 24.9 Å². The molecule has 0 unspecified atom stereocenters. The van der Waals surface area contributed by atoms with E-state index in [1.807, 2.05) is 54.6 Å². The summed E-state index contributed by atoms with van der Waals surface area (Å²) in [5.41, 5.74) is 1.45. The van der Waals surface area contributed by atoms with Crippen LogP contribution < -0.4 is 24.8 Å². The summed E-state index contributed by atoms with van der Waals surface area (Å²) in [5, 5.41) is 7.05.